The maximum Gasteiger partial charge on any atom is 0.177 e. The quantitative estimate of drug-likeness (QED) is 0.878. The summed E-state index contributed by atoms with van der Waals surface area (Å²) in [7, 11) is 0. The minimum atomic E-state index is 0.258. The lowest BCUT2D eigenvalue weighted by atomic mass is 10.0. The highest BCUT2D eigenvalue weighted by molar-refractivity contribution is 9.10. The predicted molar refractivity (Wildman–Crippen MR) is 71.7 cm³/mol. The SMILES string of the molecule is NC1CCn2c(Br)nc(-c3ccccc3)c2C1. The van der Waals surface area contributed by atoms with Crippen LogP contribution < -0.4 is 5.73 Å². The first-order valence-corrected chi connectivity index (χ1v) is 6.61. The lowest BCUT2D eigenvalue weighted by Crippen LogP contribution is -2.30. The number of fused-ring (bicyclic) bond motifs is 1. The van der Waals surface area contributed by atoms with E-state index in [0.717, 1.165) is 35.4 Å². The van der Waals surface area contributed by atoms with Crippen molar-refractivity contribution in [3.63, 3.8) is 0 Å². The number of hydrogen-bond donors (Lipinski definition) is 1. The van der Waals surface area contributed by atoms with Crippen molar-refractivity contribution in [2.24, 2.45) is 5.73 Å². The highest BCUT2D eigenvalue weighted by Crippen LogP contribution is 2.30. The number of rotatable bonds is 1. The average Bonchev–Trinajstić information content (AvgIpc) is 2.67. The van der Waals surface area contributed by atoms with Crippen molar-refractivity contribution in [3.05, 3.63) is 40.8 Å². The zero-order valence-electron chi connectivity index (χ0n) is 9.44. The molecule has 0 amide bonds. The molecule has 4 heteroatoms. The number of hydrogen-bond acceptors (Lipinski definition) is 2. The molecule has 0 fully saturated rings. The molecule has 1 aromatic heterocycles. The molecular formula is C13H14BrN3. The Morgan fingerprint density at radius 2 is 2.06 bits per heavy atom. The molecule has 2 aromatic rings. The van der Waals surface area contributed by atoms with Crippen LogP contribution in [0.1, 0.15) is 12.1 Å². The van der Waals surface area contributed by atoms with Crippen molar-refractivity contribution in [2.75, 3.05) is 0 Å². The first kappa shape index (κ1) is 11.0. The van der Waals surface area contributed by atoms with Crippen molar-refractivity contribution < 1.29 is 0 Å². The predicted octanol–water partition coefficient (Wildman–Crippen LogP) is 2.59. The van der Waals surface area contributed by atoms with Crippen LogP contribution in [0.25, 0.3) is 11.3 Å². The summed E-state index contributed by atoms with van der Waals surface area (Å²) in [5, 5.41) is 0. The van der Waals surface area contributed by atoms with Gasteiger partial charge in [0, 0.05) is 30.3 Å². The molecule has 0 saturated carbocycles. The minimum absolute atomic E-state index is 0.258. The molecule has 88 valence electrons. The molecule has 0 saturated heterocycles. The molecule has 1 aromatic carbocycles. The molecule has 2 heterocycles. The Morgan fingerprint density at radius 3 is 2.82 bits per heavy atom. The maximum absolute atomic E-state index is 6.05. The first-order valence-electron chi connectivity index (χ1n) is 5.81. The summed E-state index contributed by atoms with van der Waals surface area (Å²) in [6.45, 7) is 0.955. The number of halogens is 1. The van der Waals surface area contributed by atoms with Crippen LogP contribution in [-0.2, 0) is 13.0 Å². The van der Waals surface area contributed by atoms with E-state index >= 15 is 0 Å². The molecule has 2 N–H and O–H groups in total. The average molecular weight is 292 g/mol. The van der Waals surface area contributed by atoms with Crippen molar-refractivity contribution in [2.45, 2.75) is 25.4 Å². The summed E-state index contributed by atoms with van der Waals surface area (Å²) in [5.74, 6) is 0. The highest BCUT2D eigenvalue weighted by Gasteiger charge is 2.23. The van der Waals surface area contributed by atoms with E-state index in [4.69, 9.17) is 5.73 Å². The summed E-state index contributed by atoms with van der Waals surface area (Å²) in [6.07, 6.45) is 1.93. The van der Waals surface area contributed by atoms with Crippen LogP contribution in [0.4, 0.5) is 0 Å². The Hall–Kier alpha value is -1.13. The van der Waals surface area contributed by atoms with Gasteiger partial charge in [0.2, 0.25) is 0 Å². The second kappa shape index (κ2) is 4.27. The normalized spacial score (nSPS) is 19.1. The van der Waals surface area contributed by atoms with Gasteiger partial charge in [-0.1, -0.05) is 30.3 Å². The van der Waals surface area contributed by atoms with E-state index in [1.165, 1.54) is 5.69 Å². The largest absolute Gasteiger partial charge is 0.327 e. The van der Waals surface area contributed by atoms with Gasteiger partial charge in [-0.15, -0.1) is 0 Å². The van der Waals surface area contributed by atoms with Crippen LogP contribution in [0.3, 0.4) is 0 Å². The smallest absolute Gasteiger partial charge is 0.177 e. The third-order valence-corrected chi connectivity index (χ3v) is 3.86. The van der Waals surface area contributed by atoms with E-state index in [9.17, 15) is 0 Å². The van der Waals surface area contributed by atoms with E-state index in [0.29, 0.717) is 0 Å². The molecule has 1 aliphatic rings. The van der Waals surface area contributed by atoms with Gasteiger partial charge >= 0.3 is 0 Å². The fraction of sp³-hybridized carbons (Fsp3) is 0.308. The van der Waals surface area contributed by atoms with Crippen LogP contribution in [0.5, 0.6) is 0 Å². The lowest BCUT2D eigenvalue weighted by Gasteiger charge is -2.21. The monoisotopic (exact) mass is 291 g/mol. The molecular weight excluding hydrogens is 278 g/mol. The zero-order chi connectivity index (χ0) is 11.8. The van der Waals surface area contributed by atoms with Gasteiger partial charge < -0.3 is 10.3 Å². The van der Waals surface area contributed by atoms with Gasteiger partial charge in [0.15, 0.2) is 4.73 Å². The number of imidazole rings is 1. The molecule has 0 aliphatic carbocycles. The van der Waals surface area contributed by atoms with Gasteiger partial charge in [-0.3, -0.25) is 0 Å². The number of aromatic nitrogens is 2. The van der Waals surface area contributed by atoms with E-state index in [1.807, 2.05) is 18.2 Å². The molecule has 0 bridgehead atoms. The Labute approximate surface area is 109 Å². The van der Waals surface area contributed by atoms with Crippen LogP contribution in [-0.4, -0.2) is 15.6 Å². The van der Waals surface area contributed by atoms with E-state index in [-0.39, 0.29) is 6.04 Å². The standard InChI is InChI=1S/C13H14BrN3/c14-13-16-12(9-4-2-1-3-5-9)11-8-10(15)6-7-17(11)13/h1-5,10H,6-8,15H2. The van der Waals surface area contributed by atoms with E-state index in [2.05, 4.69) is 37.6 Å². The Kier molecular flexibility index (Phi) is 2.76. The van der Waals surface area contributed by atoms with Crippen molar-refractivity contribution in [1.29, 1.82) is 0 Å². The fourth-order valence-corrected chi connectivity index (χ4v) is 2.93. The second-order valence-electron chi connectivity index (χ2n) is 4.45. The first-order chi connectivity index (χ1) is 8.25. The molecule has 3 rings (SSSR count). The van der Waals surface area contributed by atoms with Gasteiger partial charge in [0.25, 0.3) is 0 Å². The molecule has 1 atom stereocenters. The Bertz CT molecular complexity index is 533. The van der Waals surface area contributed by atoms with Crippen molar-refractivity contribution in [1.82, 2.24) is 9.55 Å². The van der Waals surface area contributed by atoms with Crippen LogP contribution in [0, 0.1) is 0 Å². The second-order valence-corrected chi connectivity index (χ2v) is 5.16. The molecule has 1 aliphatic heterocycles. The topological polar surface area (TPSA) is 43.8 Å². The molecule has 0 spiro atoms. The number of nitrogens with two attached hydrogens (primary N) is 1. The Balaban J connectivity index is 2.13. The number of nitrogens with zero attached hydrogens (tertiary/aromatic N) is 2. The van der Waals surface area contributed by atoms with E-state index in [1.54, 1.807) is 0 Å². The summed E-state index contributed by atoms with van der Waals surface area (Å²) in [4.78, 5) is 4.62. The van der Waals surface area contributed by atoms with Crippen LogP contribution in [0.2, 0.25) is 0 Å². The van der Waals surface area contributed by atoms with Gasteiger partial charge in [-0.25, -0.2) is 4.98 Å². The zero-order valence-corrected chi connectivity index (χ0v) is 11.0. The van der Waals surface area contributed by atoms with Gasteiger partial charge in [0.1, 0.15) is 0 Å². The van der Waals surface area contributed by atoms with Crippen molar-refractivity contribution in [3.8, 4) is 11.3 Å². The van der Waals surface area contributed by atoms with Crippen LogP contribution in [0.15, 0.2) is 35.1 Å². The van der Waals surface area contributed by atoms with Gasteiger partial charge in [-0.2, -0.15) is 0 Å². The molecule has 0 radical (unpaired) electrons. The molecule has 1 unspecified atom stereocenters. The minimum Gasteiger partial charge on any atom is -0.327 e. The third-order valence-electron chi connectivity index (χ3n) is 3.25. The number of benzene rings is 1. The Morgan fingerprint density at radius 1 is 1.29 bits per heavy atom. The van der Waals surface area contributed by atoms with Crippen LogP contribution >= 0.6 is 15.9 Å². The van der Waals surface area contributed by atoms with Crippen molar-refractivity contribution >= 4 is 15.9 Å². The fourth-order valence-electron chi connectivity index (χ4n) is 2.36. The molecule has 3 nitrogen and oxygen atoms in total. The van der Waals surface area contributed by atoms with Gasteiger partial charge in [0.05, 0.1) is 5.69 Å². The summed E-state index contributed by atoms with van der Waals surface area (Å²) >= 11 is 3.53. The van der Waals surface area contributed by atoms with E-state index < -0.39 is 0 Å². The van der Waals surface area contributed by atoms with Gasteiger partial charge in [-0.05, 0) is 22.4 Å². The lowest BCUT2D eigenvalue weighted by molar-refractivity contribution is 0.467. The maximum atomic E-state index is 6.05. The highest BCUT2D eigenvalue weighted by atomic mass is 79.9. The summed E-state index contributed by atoms with van der Waals surface area (Å²) < 4.78 is 3.14. The third kappa shape index (κ3) is 1.91. The summed E-state index contributed by atoms with van der Waals surface area (Å²) in [6, 6.07) is 10.5. The molecule has 17 heavy (non-hydrogen) atoms. The summed E-state index contributed by atoms with van der Waals surface area (Å²) in [5.41, 5.74) is 9.53.